The van der Waals surface area contributed by atoms with Gasteiger partial charge in [0.05, 0.1) is 15.7 Å². The van der Waals surface area contributed by atoms with E-state index in [4.69, 9.17) is 33.8 Å². The van der Waals surface area contributed by atoms with E-state index in [-0.39, 0.29) is 33.2 Å². The second-order valence-corrected chi connectivity index (χ2v) is 5.48. The first-order chi connectivity index (χ1) is 9.92. The molecular weight excluding hydrogens is 315 g/mol. The van der Waals surface area contributed by atoms with E-state index < -0.39 is 0 Å². The lowest BCUT2D eigenvalue weighted by molar-refractivity contribution is 0.452. The Hall–Kier alpha value is -1.76. The standard InChI is InChI=1S/C13H14Cl2N4O2/c1-6(2)8-5-11(18-19-13(8)20)21-12-9(14)3-7(17-16)4-10(12)15/h3-6,17H,16H2,1-2H3,(H,19,20). The molecule has 112 valence electrons. The first kappa shape index (κ1) is 15.6. The molecule has 0 aliphatic heterocycles. The average Bonchev–Trinajstić information content (AvgIpc) is 2.43. The summed E-state index contributed by atoms with van der Waals surface area (Å²) in [5, 5.41) is 6.75. The van der Waals surface area contributed by atoms with Crippen LogP contribution in [0.5, 0.6) is 11.6 Å². The molecule has 1 aromatic heterocycles. The molecule has 0 bridgehead atoms. The molecule has 4 N–H and O–H groups in total. The highest BCUT2D eigenvalue weighted by atomic mass is 35.5. The summed E-state index contributed by atoms with van der Waals surface area (Å²) in [4.78, 5) is 11.6. The fraction of sp³-hybridized carbons (Fsp3) is 0.231. The Morgan fingerprint density at radius 2 is 1.90 bits per heavy atom. The van der Waals surface area contributed by atoms with Crippen molar-refractivity contribution in [2.75, 3.05) is 5.43 Å². The van der Waals surface area contributed by atoms with E-state index in [1.54, 1.807) is 18.2 Å². The van der Waals surface area contributed by atoms with E-state index in [2.05, 4.69) is 15.6 Å². The summed E-state index contributed by atoms with van der Waals surface area (Å²) < 4.78 is 5.57. The second kappa shape index (κ2) is 6.34. The van der Waals surface area contributed by atoms with E-state index in [1.165, 1.54) is 0 Å². The molecule has 0 radical (unpaired) electrons. The maximum Gasteiger partial charge on any atom is 0.267 e. The van der Waals surface area contributed by atoms with Gasteiger partial charge >= 0.3 is 0 Å². The predicted molar refractivity (Wildman–Crippen MR) is 83.3 cm³/mol. The van der Waals surface area contributed by atoms with Gasteiger partial charge in [0.1, 0.15) is 0 Å². The number of hydrogen-bond donors (Lipinski definition) is 3. The third-order valence-corrected chi connectivity index (χ3v) is 3.36. The minimum Gasteiger partial charge on any atom is -0.434 e. The first-order valence-electron chi connectivity index (χ1n) is 6.15. The predicted octanol–water partition coefficient (Wildman–Crippen LogP) is 3.28. The molecule has 0 atom stereocenters. The van der Waals surface area contributed by atoms with E-state index >= 15 is 0 Å². The topological polar surface area (TPSA) is 93.0 Å². The Morgan fingerprint density at radius 1 is 1.29 bits per heavy atom. The molecule has 0 unspecified atom stereocenters. The second-order valence-electron chi connectivity index (χ2n) is 4.66. The van der Waals surface area contributed by atoms with Gasteiger partial charge in [-0.1, -0.05) is 37.0 Å². The third kappa shape index (κ3) is 3.47. The monoisotopic (exact) mass is 328 g/mol. The molecule has 0 fully saturated rings. The van der Waals surface area contributed by atoms with Crippen molar-refractivity contribution in [2.24, 2.45) is 5.84 Å². The highest BCUT2D eigenvalue weighted by molar-refractivity contribution is 6.37. The maximum absolute atomic E-state index is 11.6. The highest BCUT2D eigenvalue weighted by Gasteiger charge is 2.13. The molecule has 0 saturated heterocycles. The molecule has 2 aromatic rings. The summed E-state index contributed by atoms with van der Waals surface area (Å²) in [5.41, 5.74) is 3.30. The molecule has 8 heteroatoms. The van der Waals surface area contributed by atoms with Crippen LogP contribution in [0, 0.1) is 0 Å². The Morgan fingerprint density at radius 3 is 2.43 bits per heavy atom. The van der Waals surface area contributed by atoms with Crippen molar-refractivity contribution in [3.05, 3.63) is 44.2 Å². The smallest absolute Gasteiger partial charge is 0.267 e. The molecule has 1 aromatic carbocycles. The van der Waals surface area contributed by atoms with Gasteiger partial charge in [0.2, 0.25) is 5.88 Å². The van der Waals surface area contributed by atoms with Crippen LogP contribution < -0.4 is 21.6 Å². The lowest BCUT2D eigenvalue weighted by Crippen LogP contribution is -2.15. The van der Waals surface area contributed by atoms with E-state index in [9.17, 15) is 4.79 Å². The molecule has 0 spiro atoms. The minimum absolute atomic E-state index is 0.0360. The van der Waals surface area contributed by atoms with Crippen LogP contribution in [-0.4, -0.2) is 10.2 Å². The van der Waals surface area contributed by atoms with Gasteiger partial charge in [-0.2, -0.15) is 0 Å². The van der Waals surface area contributed by atoms with Crippen LogP contribution in [-0.2, 0) is 0 Å². The van der Waals surface area contributed by atoms with Crippen LogP contribution in [0.4, 0.5) is 5.69 Å². The SMILES string of the molecule is CC(C)c1cc(Oc2c(Cl)cc(NN)cc2Cl)n[nH]c1=O. The summed E-state index contributed by atoms with van der Waals surface area (Å²) >= 11 is 12.2. The van der Waals surface area contributed by atoms with Gasteiger partial charge in [-0.15, -0.1) is 5.10 Å². The zero-order valence-electron chi connectivity index (χ0n) is 11.4. The number of aromatic amines is 1. The van der Waals surface area contributed by atoms with Crippen LogP contribution in [0.2, 0.25) is 10.0 Å². The van der Waals surface area contributed by atoms with Crippen molar-refractivity contribution < 1.29 is 4.74 Å². The van der Waals surface area contributed by atoms with Crippen molar-refractivity contribution in [3.63, 3.8) is 0 Å². The van der Waals surface area contributed by atoms with Crippen LogP contribution in [0.25, 0.3) is 0 Å². The Kier molecular flexibility index (Phi) is 4.72. The summed E-state index contributed by atoms with van der Waals surface area (Å²) in [7, 11) is 0. The van der Waals surface area contributed by atoms with Crippen LogP contribution in [0.1, 0.15) is 25.3 Å². The minimum atomic E-state index is -0.253. The zero-order chi connectivity index (χ0) is 15.6. The number of nitrogens with one attached hydrogen (secondary N) is 2. The van der Waals surface area contributed by atoms with E-state index in [1.807, 2.05) is 13.8 Å². The number of hydrazine groups is 1. The Bertz CT molecular complexity index is 693. The maximum atomic E-state index is 11.6. The molecule has 21 heavy (non-hydrogen) atoms. The largest absolute Gasteiger partial charge is 0.434 e. The van der Waals surface area contributed by atoms with Gasteiger partial charge in [0.15, 0.2) is 5.75 Å². The van der Waals surface area contributed by atoms with Crippen LogP contribution in [0.15, 0.2) is 23.0 Å². The van der Waals surface area contributed by atoms with Gasteiger partial charge < -0.3 is 10.2 Å². The number of H-pyrrole nitrogens is 1. The van der Waals surface area contributed by atoms with Gasteiger partial charge in [-0.25, -0.2) is 5.10 Å². The zero-order valence-corrected chi connectivity index (χ0v) is 12.9. The van der Waals surface area contributed by atoms with Crippen molar-refractivity contribution in [3.8, 4) is 11.6 Å². The van der Waals surface area contributed by atoms with Crippen LogP contribution >= 0.6 is 23.2 Å². The molecule has 2 rings (SSSR count). The molecule has 6 nitrogen and oxygen atoms in total. The summed E-state index contributed by atoms with van der Waals surface area (Å²) in [5.74, 6) is 5.78. The number of hydrogen-bond acceptors (Lipinski definition) is 5. The number of benzene rings is 1. The number of nitrogens with zero attached hydrogens (tertiary/aromatic N) is 1. The van der Waals surface area contributed by atoms with Gasteiger partial charge in [0.25, 0.3) is 5.56 Å². The summed E-state index contributed by atoms with van der Waals surface area (Å²) in [6, 6.07) is 4.70. The highest BCUT2D eigenvalue weighted by Crippen LogP contribution is 2.38. The fourth-order valence-corrected chi connectivity index (χ4v) is 2.29. The number of nitrogens with two attached hydrogens (primary N) is 1. The molecule has 0 saturated carbocycles. The van der Waals surface area contributed by atoms with Crippen molar-refractivity contribution in [1.82, 2.24) is 10.2 Å². The van der Waals surface area contributed by atoms with Crippen LogP contribution in [0.3, 0.4) is 0 Å². The number of halogens is 2. The van der Waals surface area contributed by atoms with Crippen molar-refractivity contribution in [2.45, 2.75) is 19.8 Å². The quantitative estimate of drug-likeness (QED) is 0.591. The number of anilines is 1. The van der Waals surface area contributed by atoms with Crippen molar-refractivity contribution >= 4 is 28.9 Å². The van der Waals surface area contributed by atoms with E-state index in [0.717, 1.165) is 0 Å². The molecular formula is C13H14Cl2N4O2. The summed E-state index contributed by atoms with van der Waals surface area (Å²) in [6.45, 7) is 3.80. The molecule has 1 heterocycles. The Labute approximate surface area is 131 Å². The molecule has 0 aliphatic carbocycles. The summed E-state index contributed by atoms with van der Waals surface area (Å²) in [6.07, 6.45) is 0. The first-order valence-corrected chi connectivity index (χ1v) is 6.91. The number of ether oxygens (including phenoxy) is 1. The fourth-order valence-electron chi connectivity index (χ4n) is 1.73. The number of rotatable bonds is 4. The Balaban J connectivity index is 2.39. The van der Waals surface area contributed by atoms with E-state index in [0.29, 0.717) is 11.3 Å². The lowest BCUT2D eigenvalue weighted by Gasteiger charge is -2.11. The van der Waals surface area contributed by atoms with Gasteiger partial charge in [-0.3, -0.25) is 10.6 Å². The van der Waals surface area contributed by atoms with Gasteiger partial charge in [-0.05, 0) is 18.1 Å². The lowest BCUT2D eigenvalue weighted by atomic mass is 10.1. The number of aromatic nitrogens is 2. The van der Waals surface area contributed by atoms with Gasteiger partial charge in [0, 0.05) is 11.6 Å². The molecule has 0 aliphatic rings. The van der Waals surface area contributed by atoms with Crippen molar-refractivity contribution in [1.29, 1.82) is 0 Å². The number of nitrogen functional groups attached to an aromatic ring is 1. The normalized spacial score (nSPS) is 10.8. The molecule has 0 amide bonds. The third-order valence-electron chi connectivity index (χ3n) is 2.80. The average molecular weight is 329 g/mol.